The fraction of sp³-hybridized carbons (Fsp3) is 0.591. The first-order chi connectivity index (χ1) is 13.5. The van der Waals surface area contributed by atoms with Crippen molar-refractivity contribution in [1.82, 2.24) is 4.90 Å². The quantitative estimate of drug-likeness (QED) is 0.664. The van der Waals surface area contributed by atoms with Gasteiger partial charge in [-0.15, -0.1) is 0 Å². The number of piperidine rings is 1. The van der Waals surface area contributed by atoms with E-state index >= 15 is 0 Å². The molecule has 1 saturated heterocycles. The van der Waals surface area contributed by atoms with E-state index in [2.05, 4.69) is 6.07 Å². The molecule has 0 bridgehead atoms. The van der Waals surface area contributed by atoms with Crippen molar-refractivity contribution in [3.05, 3.63) is 34.3 Å². The van der Waals surface area contributed by atoms with Gasteiger partial charge in [0.05, 0.1) is 12.7 Å². The molecule has 7 heteroatoms. The molecule has 1 atom stereocenters. The Bertz CT molecular complexity index is 802. The third kappa shape index (κ3) is 5.22. The molecule has 0 radical (unpaired) electrons. The van der Waals surface area contributed by atoms with Crippen LogP contribution in [0.15, 0.2) is 18.2 Å². The maximum atomic E-state index is 12.6. The standard InChI is InChI=1S/C22H29ClN2O4/c1-6-28-19(26)17(14-24)22(16-7-8-18(23)15(2)13-16)9-11-25(12-10-22)20(27)29-21(3,4)5/h7-8,13,17H,6,9-12H2,1-5H3. The first kappa shape index (κ1) is 23.0. The summed E-state index contributed by atoms with van der Waals surface area (Å²) in [5.41, 5.74) is 0.398. The van der Waals surface area contributed by atoms with Crippen LogP contribution in [0.5, 0.6) is 0 Å². The Morgan fingerprint density at radius 2 is 1.93 bits per heavy atom. The summed E-state index contributed by atoms with van der Waals surface area (Å²) in [6, 6.07) is 7.74. The summed E-state index contributed by atoms with van der Waals surface area (Å²) >= 11 is 6.19. The van der Waals surface area contributed by atoms with Gasteiger partial charge in [-0.1, -0.05) is 23.7 Å². The van der Waals surface area contributed by atoms with Gasteiger partial charge in [0, 0.05) is 23.5 Å². The van der Waals surface area contributed by atoms with Gasteiger partial charge in [0.2, 0.25) is 0 Å². The number of benzene rings is 1. The second-order valence-electron chi connectivity index (χ2n) is 8.40. The largest absolute Gasteiger partial charge is 0.465 e. The zero-order valence-electron chi connectivity index (χ0n) is 17.8. The third-order valence-corrected chi connectivity index (χ3v) is 5.67. The Morgan fingerprint density at radius 1 is 1.31 bits per heavy atom. The maximum Gasteiger partial charge on any atom is 0.410 e. The van der Waals surface area contributed by atoms with Crippen LogP contribution in [0.2, 0.25) is 5.02 Å². The van der Waals surface area contributed by atoms with Crippen molar-refractivity contribution in [3.63, 3.8) is 0 Å². The van der Waals surface area contributed by atoms with Crippen molar-refractivity contribution in [2.75, 3.05) is 19.7 Å². The molecule has 1 aliphatic rings. The molecule has 6 nitrogen and oxygen atoms in total. The Balaban J connectivity index is 2.38. The molecule has 1 aromatic carbocycles. The Morgan fingerprint density at radius 3 is 2.41 bits per heavy atom. The number of hydrogen-bond donors (Lipinski definition) is 0. The number of amides is 1. The highest BCUT2D eigenvalue weighted by Crippen LogP contribution is 2.43. The second-order valence-corrected chi connectivity index (χ2v) is 8.81. The van der Waals surface area contributed by atoms with E-state index < -0.39 is 22.9 Å². The molecule has 1 heterocycles. The lowest BCUT2D eigenvalue weighted by Gasteiger charge is -2.44. The number of rotatable bonds is 4. The van der Waals surface area contributed by atoms with Crippen molar-refractivity contribution in [1.29, 1.82) is 5.26 Å². The number of likely N-dealkylation sites (tertiary alicyclic amines) is 1. The SMILES string of the molecule is CCOC(=O)C(C#N)C1(c2ccc(Cl)c(C)c2)CCN(C(=O)OC(C)(C)C)CC1. The molecular weight excluding hydrogens is 392 g/mol. The molecule has 1 aliphatic heterocycles. The molecule has 1 amide bonds. The molecule has 1 aromatic rings. The van der Waals surface area contributed by atoms with Crippen LogP contribution in [0, 0.1) is 24.2 Å². The van der Waals surface area contributed by atoms with E-state index in [-0.39, 0.29) is 12.7 Å². The van der Waals surface area contributed by atoms with E-state index in [1.54, 1.807) is 17.9 Å². The van der Waals surface area contributed by atoms with E-state index in [0.29, 0.717) is 31.0 Å². The average Bonchev–Trinajstić information content (AvgIpc) is 2.63. The van der Waals surface area contributed by atoms with Gasteiger partial charge in [-0.05, 0) is 64.7 Å². The van der Waals surface area contributed by atoms with E-state index in [1.165, 1.54) is 0 Å². The van der Waals surface area contributed by atoms with Crippen LogP contribution in [-0.4, -0.2) is 42.3 Å². The predicted molar refractivity (Wildman–Crippen MR) is 111 cm³/mol. The van der Waals surface area contributed by atoms with Gasteiger partial charge in [-0.3, -0.25) is 4.79 Å². The van der Waals surface area contributed by atoms with Gasteiger partial charge in [-0.2, -0.15) is 5.26 Å². The van der Waals surface area contributed by atoms with E-state index in [4.69, 9.17) is 21.1 Å². The second kappa shape index (κ2) is 9.04. The van der Waals surface area contributed by atoms with Crippen LogP contribution in [-0.2, 0) is 19.7 Å². The van der Waals surface area contributed by atoms with Gasteiger partial charge >= 0.3 is 12.1 Å². The summed E-state index contributed by atoms with van der Waals surface area (Å²) in [5.74, 6) is -1.50. The van der Waals surface area contributed by atoms with E-state index in [1.807, 2.05) is 39.8 Å². The molecule has 0 spiro atoms. The lowest BCUT2D eigenvalue weighted by atomic mass is 9.64. The molecule has 1 fully saturated rings. The molecule has 2 rings (SSSR count). The summed E-state index contributed by atoms with van der Waals surface area (Å²) in [5, 5.41) is 10.5. The van der Waals surface area contributed by atoms with Crippen molar-refractivity contribution in [3.8, 4) is 6.07 Å². The fourth-order valence-electron chi connectivity index (χ4n) is 3.74. The minimum atomic E-state index is -0.969. The summed E-state index contributed by atoms with van der Waals surface area (Å²) in [4.78, 5) is 26.7. The first-order valence-electron chi connectivity index (χ1n) is 9.85. The zero-order chi connectivity index (χ0) is 21.8. The Hall–Kier alpha value is -2.26. The number of esters is 1. The minimum absolute atomic E-state index is 0.205. The minimum Gasteiger partial charge on any atom is -0.465 e. The summed E-state index contributed by atoms with van der Waals surface area (Å²) in [6.45, 7) is 10.0. The zero-order valence-corrected chi connectivity index (χ0v) is 18.5. The van der Waals surface area contributed by atoms with Crippen LogP contribution >= 0.6 is 11.6 Å². The van der Waals surface area contributed by atoms with E-state index in [0.717, 1.165) is 11.1 Å². The highest BCUT2D eigenvalue weighted by molar-refractivity contribution is 6.31. The normalized spacial score (nSPS) is 17.2. The van der Waals surface area contributed by atoms with Crippen LogP contribution < -0.4 is 0 Å². The fourth-order valence-corrected chi connectivity index (χ4v) is 3.86. The number of ether oxygens (including phenoxy) is 2. The molecule has 0 aromatic heterocycles. The molecule has 1 unspecified atom stereocenters. The monoisotopic (exact) mass is 420 g/mol. The number of aryl methyl sites for hydroxylation is 1. The summed E-state index contributed by atoms with van der Waals surface area (Å²) in [6.07, 6.45) is 0.511. The van der Waals surface area contributed by atoms with Gasteiger partial charge in [0.15, 0.2) is 5.92 Å². The average molecular weight is 421 g/mol. The maximum absolute atomic E-state index is 12.6. The number of nitriles is 1. The summed E-state index contributed by atoms with van der Waals surface area (Å²) in [7, 11) is 0. The highest BCUT2D eigenvalue weighted by atomic mass is 35.5. The molecular formula is C22H29ClN2O4. The predicted octanol–water partition coefficient (Wildman–Crippen LogP) is 4.62. The smallest absolute Gasteiger partial charge is 0.410 e. The van der Waals surface area contributed by atoms with Crippen LogP contribution in [0.1, 0.15) is 51.7 Å². The van der Waals surface area contributed by atoms with Crippen molar-refractivity contribution >= 4 is 23.7 Å². The number of nitrogens with zero attached hydrogens (tertiary/aromatic N) is 2. The molecule has 0 aliphatic carbocycles. The third-order valence-electron chi connectivity index (χ3n) is 5.24. The lowest BCUT2D eigenvalue weighted by molar-refractivity contribution is -0.149. The van der Waals surface area contributed by atoms with Crippen LogP contribution in [0.25, 0.3) is 0 Å². The molecule has 0 N–H and O–H groups in total. The number of hydrogen-bond acceptors (Lipinski definition) is 5. The number of carbonyl (C=O) groups is 2. The highest BCUT2D eigenvalue weighted by Gasteiger charge is 2.48. The Kier molecular flexibility index (Phi) is 7.18. The van der Waals surface area contributed by atoms with Gasteiger partial charge < -0.3 is 14.4 Å². The first-order valence-corrected chi connectivity index (χ1v) is 10.2. The lowest BCUT2D eigenvalue weighted by Crippen LogP contribution is -2.51. The van der Waals surface area contributed by atoms with Gasteiger partial charge in [0.1, 0.15) is 5.60 Å². The van der Waals surface area contributed by atoms with E-state index in [9.17, 15) is 14.9 Å². The van der Waals surface area contributed by atoms with Gasteiger partial charge in [0.25, 0.3) is 0 Å². The Labute approximate surface area is 177 Å². The van der Waals surface area contributed by atoms with Crippen LogP contribution in [0.4, 0.5) is 4.79 Å². The number of carbonyl (C=O) groups excluding carboxylic acids is 2. The van der Waals surface area contributed by atoms with Gasteiger partial charge in [-0.25, -0.2) is 4.79 Å². The topological polar surface area (TPSA) is 79.6 Å². The number of halogens is 1. The van der Waals surface area contributed by atoms with Crippen molar-refractivity contribution < 1.29 is 19.1 Å². The van der Waals surface area contributed by atoms with Crippen molar-refractivity contribution in [2.24, 2.45) is 5.92 Å². The molecule has 0 saturated carbocycles. The molecule has 29 heavy (non-hydrogen) atoms. The van der Waals surface area contributed by atoms with Crippen molar-refractivity contribution in [2.45, 2.75) is 58.5 Å². The summed E-state index contributed by atoms with van der Waals surface area (Å²) < 4.78 is 10.7. The molecule has 158 valence electrons. The van der Waals surface area contributed by atoms with Crippen LogP contribution in [0.3, 0.4) is 0 Å².